The summed E-state index contributed by atoms with van der Waals surface area (Å²) in [5, 5.41) is 56.8. The van der Waals surface area contributed by atoms with Crippen molar-refractivity contribution >= 4 is 23.3 Å². The number of benzene rings is 2. The molecule has 0 spiro atoms. The Morgan fingerprint density at radius 3 is 2.15 bits per heavy atom. The zero-order valence-electron chi connectivity index (χ0n) is 22.7. The fourth-order valence-electron chi connectivity index (χ4n) is 6.84. The molecule has 0 aliphatic heterocycles. The van der Waals surface area contributed by atoms with Crippen molar-refractivity contribution in [1.82, 2.24) is 4.90 Å². The predicted molar refractivity (Wildman–Crippen MR) is 145 cm³/mol. The fourth-order valence-corrected chi connectivity index (χ4v) is 6.84. The molecule has 11 heteroatoms. The lowest BCUT2D eigenvalue weighted by molar-refractivity contribution is -0.162. The van der Waals surface area contributed by atoms with Gasteiger partial charge in [-0.05, 0) is 49.7 Å². The van der Waals surface area contributed by atoms with Crippen molar-refractivity contribution in [2.45, 2.75) is 37.5 Å². The Kier molecular flexibility index (Phi) is 6.45. The van der Waals surface area contributed by atoms with Gasteiger partial charge in [-0.2, -0.15) is 0 Å². The number of hydrogen-bond donors (Lipinski definition) is 6. The third-order valence-corrected chi connectivity index (χ3v) is 8.71. The Morgan fingerprint density at radius 2 is 1.61 bits per heavy atom. The van der Waals surface area contributed by atoms with Crippen LogP contribution >= 0.6 is 0 Å². The Hall–Kier alpha value is -4.32. The lowest BCUT2D eigenvalue weighted by Crippen LogP contribution is -2.68. The van der Waals surface area contributed by atoms with Crippen molar-refractivity contribution in [3.8, 4) is 16.9 Å². The van der Waals surface area contributed by atoms with Gasteiger partial charge in [-0.3, -0.25) is 24.1 Å². The maximum atomic E-state index is 14.0. The highest BCUT2D eigenvalue weighted by molar-refractivity contribution is 6.25. The van der Waals surface area contributed by atoms with Crippen molar-refractivity contribution in [1.29, 1.82) is 0 Å². The number of nitrogens with two attached hydrogens (primary N) is 1. The summed E-state index contributed by atoms with van der Waals surface area (Å²) >= 11 is 0. The van der Waals surface area contributed by atoms with E-state index < -0.39 is 81.4 Å². The van der Waals surface area contributed by atoms with Crippen LogP contribution in [0.25, 0.3) is 11.1 Å². The number of Topliss-reactive ketones (excluding diaryl/α,β-unsaturated/α-hetero) is 3. The maximum Gasteiger partial charge on any atom is 0.255 e. The average molecular weight is 563 g/mol. The topological polar surface area (TPSA) is 199 Å². The van der Waals surface area contributed by atoms with Gasteiger partial charge in [-0.25, -0.2) is 0 Å². The number of aromatic hydroxyl groups is 1. The monoisotopic (exact) mass is 562 g/mol. The molecule has 41 heavy (non-hydrogen) atoms. The van der Waals surface area contributed by atoms with Crippen molar-refractivity contribution in [3.05, 3.63) is 75.8 Å². The Labute approximate surface area is 234 Å². The molecule has 6 unspecified atom stereocenters. The number of aliphatic hydroxyl groups excluding tert-OH is 3. The standard InChI is InChI=1S/C30H30N2O9/c1-11-17-15(14-7-5-13(6-8-14)12(2)33)9-10-16(34)19(17)24(35)20-18(11)25(36)22-23(32(3)4)26(37)21(29(31)40)28(39)30(22,41)27(20)38/h5-11,18,22-23,25,34,36-38,41H,1-4H3,(H2,31,40). The van der Waals surface area contributed by atoms with Crippen LogP contribution in [-0.2, 0) is 9.59 Å². The molecule has 0 aromatic heterocycles. The maximum absolute atomic E-state index is 14.0. The number of phenolic OH excluding ortho intramolecular Hbond substituents is 1. The molecule has 11 nitrogen and oxygen atoms in total. The number of likely N-dealkylation sites (N-methyl/N-ethyl adjacent to an activating group) is 1. The normalized spacial score (nSPS) is 29.3. The Balaban J connectivity index is 1.78. The summed E-state index contributed by atoms with van der Waals surface area (Å²) in [6.45, 7) is 3.10. The van der Waals surface area contributed by atoms with Gasteiger partial charge in [0.25, 0.3) is 5.91 Å². The molecular weight excluding hydrogens is 532 g/mol. The van der Waals surface area contributed by atoms with Crippen LogP contribution < -0.4 is 5.73 Å². The summed E-state index contributed by atoms with van der Waals surface area (Å²) < 4.78 is 0. The molecule has 3 aliphatic rings. The first-order chi connectivity index (χ1) is 19.2. The van der Waals surface area contributed by atoms with Gasteiger partial charge in [0, 0.05) is 17.1 Å². The number of primary amides is 1. The molecule has 0 saturated carbocycles. The smallest absolute Gasteiger partial charge is 0.255 e. The van der Waals surface area contributed by atoms with E-state index in [9.17, 15) is 44.7 Å². The summed E-state index contributed by atoms with van der Waals surface area (Å²) in [5.74, 6) is -9.66. The van der Waals surface area contributed by atoms with E-state index in [4.69, 9.17) is 5.73 Å². The number of rotatable bonds is 4. The number of carbonyl (C=O) groups excluding carboxylic acids is 4. The molecule has 0 radical (unpaired) electrons. The van der Waals surface area contributed by atoms with Gasteiger partial charge in [0.05, 0.1) is 23.6 Å². The van der Waals surface area contributed by atoms with Crippen molar-refractivity contribution in [2.24, 2.45) is 17.6 Å². The average Bonchev–Trinajstić information content (AvgIpc) is 2.90. The van der Waals surface area contributed by atoms with Gasteiger partial charge >= 0.3 is 0 Å². The van der Waals surface area contributed by atoms with Crippen LogP contribution in [0.2, 0.25) is 0 Å². The first-order valence-electron chi connectivity index (χ1n) is 13.0. The highest BCUT2D eigenvalue weighted by Crippen LogP contribution is 2.56. The molecular formula is C30H30N2O9. The number of phenols is 1. The van der Waals surface area contributed by atoms with E-state index in [0.717, 1.165) is 0 Å². The van der Waals surface area contributed by atoms with Gasteiger partial charge in [0.1, 0.15) is 22.8 Å². The molecule has 214 valence electrons. The molecule has 0 fully saturated rings. The number of hydrogen-bond acceptors (Lipinski definition) is 10. The van der Waals surface area contributed by atoms with E-state index in [1.54, 1.807) is 37.3 Å². The summed E-state index contributed by atoms with van der Waals surface area (Å²) in [7, 11) is 2.95. The minimum Gasteiger partial charge on any atom is -0.510 e. The summed E-state index contributed by atoms with van der Waals surface area (Å²) in [4.78, 5) is 52.8. The lowest BCUT2D eigenvalue weighted by Gasteiger charge is -2.53. The van der Waals surface area contributed by atoms with Crippen LogP contribution in [0.1, 0.15) is 46.0 Å². The molecule has 0 saturated heterocycles. The van der Waals surface area contributed by atoms with Crippen LogP contribution in [0.3, 0.4) is 0 Å². The lowest BCUT2D eigenvalue weighted by atomic mass is 9.55. The van der Waals surface area contributed by atoms with Crippen LogP contribution in [0.5, 0.6) is 5.75 Å². The van der Waals surface area contributed by atoms with E-state index in [0.29, 0.717) is 22.3 Å². The largest absolute Gasteiger partial charge is 0.510 e. The highest BCUT2D eigenvalue weighted by Gasteiger charge is 2.67. The third kappa shape index (κ3) is 3.69. The van der Waals surface area contributed by atoms with Gasteiger partial charge in [-0.15, -0.1) is 0 Å². The van der Waals surface area contributed by atoms with Gasteiger partial charge in [0.15, 0.2) is 17.2 Å². The number of ketones is 3. The van der Waals surface area contributed by atoms with Crippen molar-refractivity contribution < 1.29 is 44.7 Å². The molecule has 6 atom stereocenters. The summed E-state index contributed by atoms with van der Waals surface area (Å²) in [6.07, 6.45) is -1.69. The molecule has 2 aromatic carbocycles. The minimum atomic E-state index is -2.97. The van der Waals surface area contributed by atoms with Crippen molar-refractivity contribution in [2.75, 3.05) is 14.1 Å². The van der Waals surface area contributed by atoms with Crippen LogP contribution in [0.4, 0.5) is 0 Å². The molecule has 5 rings (SSSR count). The van der Waals surface area contributed by atoms with Crippen LogP contribution in [0.15, 0.2) is 59.1 Å². The van der Waals surface area contributed by atoms with Gasteiger partial charge in [-0.1, -0.05) is 37.3 Å². The Morgan fingerprint density at radius 1 is 1.00 bits per heavy atom. The van der Waals surface area contributed by atoms with Crippen LogP contribution in [0, 0.1) is 11.8 Å². The zero-order chi connectivity index (χ0) is 30.3. The summed E-state index contributed by atoms with van der Waals surface area (Å²) in [6, 6.07) is 8.18. The zero-order valence-corrected chi connectivity index (χ0v) is 22.7. The third-order valence-electron chi connectivity index (χ3n) is 8.71. The number of carbonyl (C=O) groups is 4. The molecule has 1 amide bonds. The van der Waals surface area contributed by atoms with E-state index in [2.05, 4.69) is 0 Å². The minimum absolute atomic E-state index is 0.134. The van der Waals surface area contributed by atoms with Gasteiger partial charge in [0.2, 0.25) is 5.78 Å². The first kappa shape index (κ1) is 28.2. The molecule has 0 bridgehead atoms. The van der Waals surface area contributed by atoms with E-state index in [1.807, 2.05) is 0 Å². The second-order valence-corrected chi connectivity index (χ2v) is 11.1. The van der Waals surface area contributed by atoms with E-state index in [1.165, 1.54) is 32.0 Å². The molecule has 7 N–H and O–H groups in total. The molecule has 2 aromatic rings. The molecule has 3 aliphatic carbocycles. The summed E-state index contributed by atoms with van der Waals surface area (Å²) in [5.41, 5.74) is 2.75. The molecule has 0 heterocycles. The number of aliphatic hydroxyl groups is 4. The highest BCUT2D eigenvalue weighted by atomic mass is 16.4. The second-order valence-electron chi connectivity index (χ2n) is 11.1. The quantitative estimate of drug-likeness (QED) is 0.235. The number of amides is 1. The fraction of sp³-hybridized carbons (Fsp3) is 0.333. The van der Waals surface area contributed by atoms with E-state index >= 15 is 0 Å². The van der Waals surface area contributed by atoms with Crippen molar-refractivity contribution in [3.63, 3.8) is 0 Å². The number of fused-ring (bicyclic) bond motifs is 3. The van der Waals surface area contributed by atoms with Gasteiger partial charge < -0.3 is 31.3 Å². The second kappa shape index (κ2) is 9.37. The van der Waals surface area contributed by atoms with Crippen LogP contribution in [-0.4, -0.2) is 85.5 Å². The first-order valence-corrected chi connectivity index (χ1v) is 13.0. The predicted octanol–water partition coefficient (Wildman–Crippen LogP) is 1.52. The Bertz CT molecular complexity index is 1600. The SMILES string of the molecule is CC(=O)c1ccc(-c2ccc(O)c3c2C(C)C2C(=C(O)C4(O)C(=O)C(C(N)=O)=C(O)C(N(C)C)C4C2O)C3=O)cc1. The number of nitrogens with zero attached hydrogens (tertiary/aromatic N) is 1. The van der Waals surface area contributed by atoms with E-state index in [-0.39, 0.29) is 11.3 Å².